The second-order valence-electron chi connectivity index (χ2n) is 7.00. The number of nitrogens with one attached hydrogen (secondary N) is 3. The lowest BCUT2D eigenvalue weighted by molar-refractivity contribution is -0.117. The van der Waals surface area contributed by atoms with Gasteiger partial charge in [-0.2, -0.15) is 10.2 Å². The molecule has 6 nitrogen and oxygen atoms in total. The fraction of sp³-hybridized carbons (Fsp3) is 0.389. The highest BCUT2D eigenvalue weighted by molar-refractivity contribution is 6.04. The predicted octanol–water partition coefficient (Wildman–Crippen LogP) is 3.49. The number of nitrogens with zero attached hydrogens (tertiary/aromatic N) is 2. The molecule has 2 saturated carbocycles. The van der Waals surface area contributed by atoms with Gasteiger partial charge in [-0.3, -0.25) is 15.0 Å². The number of H-pyrrole nitrogens is 2. The Morgan fingerprint density at radius 2 is 2.04 bits per heavy atom. The van der Waals surface area contributed by atoms with E-state index < -0.39 is 0 Å². The van der Waals surface area contributed by atoms with Gasteiger partial charge in [0.2, 0.25) is 5.91 Å². The highest BCUT2D eigenvalue weighted by Crippen LogP contribution is 2.45. The van der Waals surface area contributed by atoms with E-state index in [1.807, 2.05) is 6.92 Å². The molecule has 2 fully saturated rings. The minimum Gasteiger partial charge on any atom is -0.325 e. The predicted molar refractivity (Wildman–Crippen MR) is 91.7 cm³/mol. The van der Waals surface area contributed by atoms with Crippen LogP contribution in [0.25, 0.3) is 22.0 Å². The third-order valence-electron chi connectivity index (χ3n) is 4.99. The van der Waals surface area contributed by atoms with Crippen LogP contribution in [-0.2, 0) is 4.79 Å². The van der Waals surface area contributed by atoms with Gasteiger partial charge in [-0.25, -0.2) is 0 Å². The van der Waals surface area contributed by atoms with Crippen molar-refractivity contribution in [3.8, 4) is 11.1 Å². The molecule has 2 aliphatic rings. The topological polar surface area (TPSA) is 86.5 Å². The van der Waals surface area contributed by atoms with E-state index >= 15 is 0 Å². The summed E-state index contributed by atoms with van der Waals surface area (Å²) in [6.07, 6.45) is 6.16. The summed E-state index contributed by atoms with van der Waals surface area (Å²) in [6.45, 7) is 2.05. The molecule has 24 heavy (non-hydrogen) atoms. The number of aromatic nitrogens is 4. The zero-order valence-electron chi connectivity index (χ0n) is 13.5. The fourth-order valence-corrected chi connectivity index (χ4v) is 3.34. The molecule has 0 saturated heterocycles. The van der Waals surface area contributed by atoms with E-state index in [1.54, 1.807) is 6.20 Å². The zero-order valence-corrected chi connectivity index (χ0v) is 13.5. The van der Waals surface area contributed by atoms with Gasteiger partial charge >= 0.3 is 0 Å². The van der Waals surface area contributed by atoms with Crippen LogP contribution in [0.2, 0.25) is 0 Å². The summed E-state index contributed by atoms with van der Waals surface area (Å²) in [5.41, 5.74) is 6.21. The average Bonchev–Trinajstić information content (AvgIpc) is 3.49. The van der Waals surface area contributed by atoms with E-state index in [4.69, 9.17) is 0 Å². The lowest BCUT2D eigenvalue weighted by Crippen LogP contribution is -2.13. The molecule has 2 aliphatic carbocycles. The van der Waals surface area contributed by atoms with Gasteiger partial charge in [0.15, 0.2) is 0 Å². The van der Waals surface area contributed by atoms with E-state index in [9.17, 15) is 4.79 Å². The molecular formula is C18H19N5O. The summed E-state index contributed by atoms with van der Waals surface area (Å²) in [7, 11) is 0. The number of anilines is 1. The second kappa shape index (κ2) is 4.93. The van der Waals surface area contributed by atoms with E-state index in [1.165, 1.54) is 12.8 Å². The summed E-state index contributed by atoms with van der Waals surface area (Å²) in [5, 5.41) is 18.8. The van der Waals surface area contributed by atoms with E-state index in [2.05, 4.69) is 37.8 Å². The van der Waals surface area contributed by atoms with Crippen LogP contribution in [-0.4, -0.2) is 26.3 Å². The van der Waals surface area contributed by atoms with Gasteiger partial charge in [-0.05, 0) is 50.3 Å². The van der Waals surface area contributed by atoms with Gasteiger partial charge in [-0.1, -0.05) is 0 Å². The van der Waals surface area contributed by atoms with Gasteiger partial charge in [0.25, 0.3) is 0 Å². The highest BCUT2D eigenvalue weighted by Gasteiger charge is 2.31. The van der Waals surface area contributed by atoms with Crippen molar-refractivity contribution in [1.29, 1.82) is 0 Å². The van der Waals surface area contributed by atoms with Crippen molar-refractivity contribution >= 4 is 22.5 Å². The van der Waals surface area contributed by atoms with Crippen LogP contribution in [0.5, 0.6) is 0 Å². The quantitative estimate of drug-likeness (QED) is 0.687. The molecule has 3 N–H and O–H groups in total. The van der Waals surface area contributed by atoms with E-state index in [-0.39, 0.29) is 11.8 Å². The van der Waals surface area contributed by atoms with Crippen molar-refractivity contribution in [3.63, 3.8) is 0 Å². The van der Waals surface area contributed by atoms with Crippen LogP contribution in [0.4, 0.5) is 5.69 Å². The Kier molecular flexibility index (Phi) is 2.83. The number of hydrogen-bond donors (Lipinski definition) is 3. The Morgan fingerprint density at radius 1 is 1.21 bits per heavy atom. The third-order valence-corrected chi connectivity index (χ3v) is 4.99. The number of aromatic amines is 2. The number of rotatable bonds is 4. The molecule has 3 aromatic rings. The number of amides is 1. The van der Waals surface area contributed by atoms with Crippen LogP contribution in [0.15, 0.2) is 18.3 Å². The maximum Gasteiger partial charge on any atom is 0.227 e. The van der Waals surface area contributed by atoms with Gasteiger partial charge in [0, 0.05) is 28.5 Å². The minimum absolute atomic E-state index is 0.112. The fourth-order valence-electron chi connectivity index (χ4n) is 3.34. The molecule has 5 rings (SSSR count). The Labute approximate surface area is 139 Å². The molecule has 2 aromatic heterocycles. The molecular weight excluding hydrogens is 302 g/mol. The van der Waals surface area contributed by atoms with Gasteiger partial charge < -0.3 is 5.32 Å². The maximum absolute atomic E-state index is 12.2. The molecule has 0 radical (unpaired) electrons. The van der Waals surface area contributed by atoms with E-state index in [0.717, 1.165) is 51.9 Å². The summed E-state index contributed by atoms with van der Waals surface area (Å²) in [5.74, 6) is 0.848. The first-order valence-electron chi connectivity index (χ1n) is 8.54. The lowest BCUT2D eigenvalue weighted by atomic mass is 9.99. The SMILES string of the molecule is Cc1[nH]nc(C2CC2)c1-c1cc(NC(=O)C2CC2)c2cn[nH]c2c1. The first-order valence-corrected chi connectivity index (χ1v) is 8.54. The molecule has 0 atom stereocenters. The normalized spacial score (nSPS) is 17.4. The summed E-state index contributed by atoms with van der Waals surface area (Å²) >= 11 is 0. The van der Waals surface area contributed by atoms with Gasteiger partial charge in [-0.15, -0.1) is 0 Å². The zero-order chi connectivity index (χ0) is 16.3. The van der Waals surface area contributed by atoms with Crippen molar-refractivity contribution < 1.29 is 4.79 Å². The van der Waals surface area contributed by atoms with E-state index in [0.29, 0.717) is 5.92 Å². The first kappa shape index (κ1) is 13.8. The molecule has 0 unspecified atom stereocenters. The maximum atomic E-state index is 12.2. The molecule has 6 heteroatoms. The molecule has 2 heterocycles. The van der Waals surface area contributed by atoms with Crippen LogP contribution in [0.1, 0.15) is 43.0 Å². The van der Waals surface area contributed by atoms with Crippen LogP contribution in [0.3, 0.4) is 0 Å². The highest BCUT2D eigenvalue weighted by atomic mass is 16.2. The third kappa shape index (κ3) is 2.21. The monoisotopic (exact) mass is 321 g/mol. The Hall–Kier alpha value is -2.63. The van der Waals surface area contributed by atoms with Crippen LogP contribution < -0.4 is 5.32 Å². The van der Waals surface area contributed by atoms with Crippen molar-refractivity contribution in [2.24, 2.45) is 5.92 Å². The van der Waals surface area contributed by atoms with Crippen LogP contribution >= 0.6 is 0 Å². The Morgan fingerprint density at radius 3 is 2.79 bits per heavy atom. The minimum atomic E-state index is 0.112. The number of carbonyl (C=O) groups is 1. The standard InChI is InChI=1S/C18H19N5O/c1-9-16(17(23-21-9)10-2-3-10)12-6-14(20-18(24)11-4-5-11)13-8-19-22-15(13)7-12/h6-8,10-11H,2-5H2,1H3,(H,19,22)(H,20,24)(H,21,23). The molecule has 0 aliphatic heterocycles. The summed E-state index contributed by atoms with van der Waals surface area (Å²) in [6, 6.07) is 4.15. The number of aryl methyl sites for hydroxylation is 1. The smallest absolute Gasteiger partial charge is 0.227 e. The van der Waals surface area contributed by atoms with Crippen molar-refractivity contribution in [1.82, 2.24) is 20.4 Å². The molecule has 122 valence electrons. The largest absolute Gasteiger partial charge is 0.325 e. The Balaban J connectivity index is 1.63. The van der Waals surface area contributed by atoms with Crippen molar-refractivity contribution in [2.75, 3.05) is 5.32 Å². The lowest BCUT2D eigenvalue weighted by Gasteiger charge is -2.10. The number of hydrogen-bond acceptors (Lipinski definition) is 3. The first-order chi connectivity index (χ1) is 11.7. The molecule has 1 aromatic carbocycles. The Bertz CT molecular complexity index is 946. The molecule has 0 spiro atoms. The van der Waals surface area contributed by atoms with Crippen molar-refractivity contribution in [3.05, 3.63) is 29.7 Å². The van der Waals surface area contributed by atoms with Gasteiger partial charge in [0.1, 0.15) is 0 Å². The average molecular weight is 321 g/mol. The van der Waals surface area contributed by atoms with Crippen LogP contribution in [0, 0.1) is 12.8 Å². The summed E-state index contributed by atoms with van der Waals surface area (Å²) < 4.78 is 0. The van der Waals surface area contributed by atoms with Crippen molar-refractivity contribution in [2.45, 2.75) is 38.5 Å². The molecule has 0 bridgehead atoms. The molecule has 1 amide bonds. The van der Waals surface area contributed by atoms with Gasteiger partial charge in [0.05, 0.1) is 23.1 Å². The number of benzene rings is 1. The number of fused-ring (bicyclic) bond motifs is 1. The summed E-state index contributed by atoms with van der Waals surface area (Å²) in [4.78, 5) is 12.2. The number of carbonyl (C=O) groups excluding carboxylic acids is 1. The second-order valence-corrected chi connectivity index (χ2v) is 7.00.